The average molecular weight is 504 g/mol. The zero-order chi connectivity index (χ0) is 24.9. The van der Waals surface area contributed by atoms with Crippen molar-refractivity contribution in [3.8, 4) is 11.1 Å². The van der Waals surface area contributed by atoms with E-state index in [1.54, 1.807) is 18.2 Å². The van der Waals surface area contributed by atoms with Gasteiger partial charge in [0.1, 0.15) is 5.15 Å². The van der Waals surface area contributed by atoms with Crippen molar-refractivity contribution >= 4 is 29.1 Å². The van der Waals surface area contributed by atoms with Crippen LogP contribution in [0, 0.1) is 0 Å². The number of furan rings is 1. The van der Waals surface area contributed by atoms with Crippen LogP contribution in [-0.4, -0.2) is 44.4 Å². The van der Waals surface area contributed by atoms with E-state index in [4.69, 9.17) is 16.0 Å². The van der Waals surface area contributed by atoms with Crippen molar-refractivity contribution in [2.24, 2.45) is 0 Å². The van der Waals surface area contributed by atoms with Gasteiger partial charge in [0.15, 0.2) is 11.3 Å². The minimum Gasteiger partial charge on any atom is -0.478 e. The number of benzene rings is 1. The van der Waals surface area contributed by atoms with Crippen LogP contribution in [0.15, 0.2) is 59.5 Å². The molecule has 0 saturated carbocycles. The van der Waals surface area contributed by atoms with Crippen LogP contribution in [-0.2, 0) is 6.18 Å². The topological polar surface area (TPSA) is 88.0 Å². The molecule has 7 nitrogen and oxygen atoms in total. The number of rotatable bonds is 4. The van der Waals surface area contributed by atoms with Crippen LogP contribution in [0.3, 0.4) is 0 Å². The highest BCUT2D eigenvalue weighted by atomic mass is 35.5. The highest BCUT2D eigenvalue weighted by molar-refractivity contribution is 6.33. The Morgan fingerprint density at radius 3 is 2.66 bits per heavy atom. The van der Waals surface area contributed by atoms with Crippen molar-refractivity contribution in [2.45, 2.75) is 18.5 Å². The van der Waals surface area contributed by atoms with Crippen molar-refractivity contribution in [1.82, 2.24) is 14.3 Å². The number of alkyl halides is 3. The van der Waals surface area contributed by atoms with Crippen molar-refractivity contribution in [2.75, 3.05) is 13.1 Å². The summed E-state index contributed by atoms with van der Waals surface area (Å²) in [5.74, 6) is -1.76. The standard InChI is InChI=1S/C24H17ClF3N3O4/c25-20-19(22(32)30-6-4-15(10-30)13-2-1-3-14(8-13)23(33)34)29-21-18(24(26,27)28)9-17(11-31(20)21)16-5-7-35-12-16/h1-3,5,7-9,11-12,15H,4,6,10H2,(H,33,34). The Balaban J connectivity index is 1.49. The summed E-state index contributed by atoms with van der Waals surface area (Å²) in [7, 11) is 0. The lowest BCUT2D eigenvalue weighted by molar-refractivity contribution is -0.136. The Kier molecular flexibility index (Phi) is 5.55. The summed E-state index contributed by atoms with van der Waals surface area (Å²) in [6.07, 6.45) is -0.136. The molecule has 1 aromatic carbocycles. The number of carboxylic acids is 1. The highest BCUT2D eigenvalue weighted by Gasteiger charge is 2.37. The van der Waals surface area contributed by atoms with E-state index < -0.39 is 29.3 Å². The maximum absolute atomic E-state index is 13.9. The Morgan fingerprint density at radius 2 is 1.97 bits per heavy atom. The molecule has 1 saturated heterocycles. The van der Waals surface area contributed by atoms with Gasteiger partial charge in [-0.2, -0.15) is 13.2 Å². The molecule has 0 bridgehead atoms. The van der Waals surface area contributed by atoms with Gasteiger partial charge in [-0.15, -0.1) is 0 Å². The Morgan fingerprint density at radius 1 is 1.17 bits per heavy atom. The molecular weight excluding hydrogens is 487 g/mol. The molecule has 0 aliphatic carbocycles. The van der Waals surface area contributed by atoms with E-state index in [1.165, 1.54) is 35.8 Å². The summed E-state index contributed by atoms with van der Waals surface area (Å²) in [5.41, 5.74) is -0.238. The molecule has 1 fully saturated rings. The number of aromatic carboxylic acids is 1. The zero-order valence-electron chi connectivity index (χ0n) is 17.9. The van der Waals surface area contributed by atoms with Crippen LogP contribution >= 0.6 is 11.6 Å². The van der Waals surface area contributed by atoms with Gasteiger partial charge < -0.3 is 14.4 Å². The number of carboxylic acid groups (broad SMARTS) is 1. The fourth-order valence-electron chi connectivity index (χ4n) is 4.34. The summed E-state index contributed by atoms with van der Waals surface area (Å²) < 4.78 is 47.6. The minimum atomic E-state index is -4.73. The van der Waals surface area contributed by atoms with Crippen molar-refractivity contribution in [3.63, 3.8) is 0 Å². The van der Waals surface area contributed by atoms with E-state index in [0.29, 0.717) is 18.5 Å². The fourth-order valence-corrected chi connectivity index (χ4v) is 4.59. The number of carbonyl (C=O) groups is 2. The molecule has 180 valence electrons. The third kappa shape index (κ3) is 4.14. The van der Waals surface area contributed by atoms with Gasteiger partial charge in [0.25, 0.3) is 5.91 Å². The van der Waals surface area contributed by atoms with Gasteiger partial charge in [0, 0.05) is 36.3 Å². The molecule has 3 aromatic heterocycles. The third-order valence-electron chi connectivity index (χ3n) is 6.10. The molecule has 1 unspecified atom stereocenters. The molecule has 5 rings (SSSR count). The van der Waals surface area contributed by atoms with Crippen LogP contribution < -0.4 is 0 Å². The molecule has 0 spiro atoms. The Bertz CT molecular complexity index is 1450. The second kappa shape index (κ2) is 8.46. The van der Waals surface area contributed by atoms with E-state index in [2.05, 4.69) is 4.98 Å². The molecule has 4 aromatic rings. The summed E-state index contributed by atoms with van der Waals surface area (Å²) >= 11 is 6.39. The molecule has 11 heteroatoms. The molecule has 4 heterocycles. The van der Waals surface area contributed by atoms with Gasteiger partial charge in [-0.05, 0) is 36.2 Å². The summed E-state index contributed by atoms with van der Waals surface area (Å²) in [6.45, 7) is 0.593. The van der Waals surface area contributed by atoms with Gasteiger partial charge in [0.2, 0.25) is 0 Å². The maximum Gasteiger partial charge on any atom is 0.420 e. The lowest BCUT2D eigenvalue weighted by Gasteiger charge is -2.16. The number of hydrogen-bond acceptors (Lipinski definition) is 4. The van der Waals surface area contributed by atoms with E-state index in [9.17, 15) is 27.9 Å². The van der Waals surface area contributed by atoms with Crippen LogP contribution in [0.5, 0.6) is 0 Å². The zero-order valence-corrected chi connectivity index (χ0v) is 18.7. The van der Waals surface area contributed by atoms with Gasteiger partial charge in [-0.25, -0.2) is 9.78 Å². The molecular formula is C24H17ClF3N3O4. The molecule has 1 amide bonds. The minimum absolute atomic E-state index is 0.118. The van der Waals surface area contributed by atoms with Gasteiger partial charge >= 0.3 is 12.1 Å². The smallest absolute Gasteiger partial charge is 0.420 e. The number of halogens is 4. The average Bonchev–Trinajstić information content (AvgIpc) is 3.58. The molecule has 1 atom stereocenters. The molecule has 1 N–H and O–H groups in total. The first kappa shape index (κ1) is 23.0. The van der Waals surface area contributed by atoms with E-state index in [1.807, 2.05) is 0 Å². The lowest BCUT2D eigenvalue weighted by Crippen LogP contribution is -2.29. The predicted molar refractivity (Wildman–Crippen MR) is 120 cm³/mol. The first-order valence-electron chi connectivity index (χ1n) is 10.6. The summed E-state index contributed by atoms with van der Waals surface area (Å²) in [5, 5.41) is 9.00. The maximum atomic E-state index is 13.9. The quantitative estimate of drug-likeness (QED) is 0.392. The lowest BCUT2D eigenvalue weighted by atomic mass is 9.97. The number of nitrogens with zero attached hydrogens (tertiary/aromatic N) is 3. The van der Waals surface area contributed by atoms with Gasteiger partial charge in [-0.3, -0.25) is 9.20 Å². The van der Waals surface area contributed by atoms with Gasteiger partial charge in [-0.1, -0.05) is 23.7 Å². The molecule has 1 aliphatic rings. The Labute approximate surface area is 201 Å². The van der Waals surface area contributed by atoms with Crippen LogP contribution in [0.4, 0.5) is 13.2 Å². The predicted octanol–water partition coefficient (Wildman–Crippen LogP) is 5.59. The van der Waals surface area contributed by atoms with Crippen LogP contribution in [0.25, 0.3) is 16.8 Å². The van der Waals surface area contributed by atoms with Crippen LogP contribution in [0.1, 0.15) is 44.3 Å². The SMILES string of the molecule is O=C(O)c1cccc(C2CCN(C(=O)c3nc4c(C(F)(F)F)cc(-c5ccoc5)cn4c3Cl)C2)c1. The summed E-state index contributed by atoms with van der Waals surface area (Å²) in [4.78, 5) is 30.0. The van der Waals surface area contributed by atoms with Crippen molar-refractivity contribution in [1.29, 1.82) is 0 Å². The first-order chi connectivity index (χ1) is 16.6. The van der Waals surface area contributed by atoms with E-state index >= 15 is 0 Å². The van der Waals surface area contributed by atoms with Gasteiger partial charge in [0.05, 0.1) is 23.7 Å². The number of carbonyl (C=O) groups excluding carboxylic acids is 1. The first-order valence-corrected chi connectivity index (χ1v) is 10.9. The molecule has 1 aliphatic heterocycles. The molecule has 0 radical (unpaired) electrons. The highest BCUT2D eigenvalue weighted by Crippen LogP contribution is 2.38. The monoisotopic (exact) mass is 503 g/mol. The number of fused-ring (bicyclic) bond motifs is 1. The molecule has 35 heavy (non-hydrogen) atoms. The number of likely N-dealkylation sites (tertiary alicyclic amines) is 1. The normalized spacial score (nSPS) is 16.2. The third-order valence-corrected chi connectivity index (χ3v) is 6.47. The van der Waals surface area contributed by atoms with Crippen molar-refractivity contribution in [3.05, 3.63) is 82.7 Å². The summed E-state index contributed by atoms with van der Waals surface area (Å²) in [6, 6.07) is 8.93. The fraction of sp³-hybridized carbons (Fsp3) is 0.208. The number of pyridine rings is 1. The second-order valence-electron chi connectivity index (χ2n) is 8.26. The van der Waals surface area contributed by atoms with E-state index in [0.717, 1.165) is 16.0 Å². The largest absolute Gasteiger partial charge is 0.478 e. The van der Waals surface area contributed by atoms with E-state index in [-0.39, 0.29) is 34.4 Å². The number of imidazole rings is 1. The number of aromatic nitrogens is 2. The van der Waals surface area contributed by atoms with Crippen molar-refractivity contribution < 1.29 is 32.3 Å². The van der Waals surface area contributed by atoms with Crippen LogP contribution in [0.2, 0.25) is 5.15 Å². The second-order valence-corrected chi connectivity index (χ2v) is 8.62. The number of hydrogen-bond donors (Lipinski definition) is 1. The Hall–Kier alpha value is -3.79. The number of amides is 1.